The molecule has 2 heterocycles. The number of nitrogens with one attached hydrogen (secondary N) is 1. The Morgan fingerprint density at radius 3 is 2.71 bits per heavy atom. The molecule has 1 saturated heterocycles. The van der Waals surface area contributed by atoms with Crippen molar-refractivity contribution in [3.8, 4) is 0 Å². The van der Waals surface area contributed by atoms with Crippen LogP contribution in [0.25, 0.3) is 0 Å². The standard InChI is InChI=1S/C18H20FIN2O2/c1-12-4-7-17(24-12)16(22-8-2-3-9-22)11-21-18(23)14-6-5-13(19)10-15(14)20/h4-7,10,16H,2-3,8-9,11H2,1H3,(H,21,23). The number of hydrogen-bond acceptors (Lipinski definition) is 3. The maximum atomic E-state index is 13.2. The molecule has 1 aromatic carbocycles. The second kappa shape index (κ2) is 7.65. The summed E-state index contributed by atoms with van der Waals surface area (Å²) in [5.41, 5.74) is 0.493. The monoisotopic (exact) mass is 442 g/mol. The van der Waals surface area contributed by atoms with Gasteiger partial charge in [-0.2, -0.15) is 0 Å². The summed E-state index contributed by atoms with van der Waals surface area (Å²) in [5, 5.41) is 2.98. The van der Waals surface area contributed by atoms with Gasteiger partial charge in [-0.15, -0.1) is 0 Å². The Morgan fingerprint density at radius 1 is 1.33 bits per heavy atom. The molecule has 3 rings (SSSR count). The molecule has 1 fully saturated rings. The van der Waals surface area contributed by atoms with Gasteiger partial charge in [0, 0.05) is 10.1 Å². The van der Waals surface area contributed by atoms with Crippen molar-refractivity contribution in [1.29, 1.82) is 0 Å². The number of benzene rings is 1. The van der Waals surface area contributed by atoms with Crippen LogP contribution in [0, 0.1) is 16.3 Å². The van der Waals surface area contributed by atoms with Crippen molar-refractivity contribution in [2.45, 2.75) is 25.8 Å². The summed E-state index contributed by atoms with van der Waals surface area (Å²) in [6.45, 7) is 4.41. The molecule has 24 heavy (non-hydrogen) atoms. The summed E-state index contributed by atoms with van der Waals surface area (Å²) < 4.78 is 19.6. The quantitative estimate of drug-likeness (QED) is 0.715. The van der Waals surface area contributed by atoms with Crippen molar-refractivity contribution in [3.05, 3.63) is 56.8 Å². The Hall–Kier alpha value is -1.41. The van der Waals surface area contributed by atoms with Crippen molar-refractivity contribution in [3.63, 3.8) is 0 Å². The molecule has 1 N–H and O–H groups in total. The molecule has 0 bridgehead atoms. The van der Waals surface area contributed by atoms with Crippen LogP contribution in [0.1, 0.15) is 40.8 Å². The van der Waals surface area contributed by atoms with Crippen LogP contribution in [0.2, 0.25) is 0 Å². The molecule has 1 amide bonds. The maximum Gasteiger partial charge on any atom is 0.252 e. The summed E-state index contributed by atoms with van der Waals surface area (Å²) >= 11 is 1.98. The second-order valence-corrected chi connectivity index (χ2v) is 7.20. The summed E-state index contributed by atoms with van der Waals surface area (Å²) in [6.07, 6.45) is 2.33. The van der Waals surface area contributed by atoms with E-state index in [0.29, 0.717) is 15.7 Å². The van der Waals surface area contributed by atoms with E-state index in [4.69, 9.17) is 4.42 Å². The third kappa shape index (κ3) is 3.97. The van der Waals surface area contributed by atoms with Crippen LogP contribution in [0.3, 0.4) is 0 Å². The van der Waals surface area contributed by atoms with E-state index in [1.807, 2.05) is 41.6 Å². The van der Waals surface area contributed by atoms with Crippen LogP contribution in [0.4, 0.5) is 4.39 Å². The molecule has 2 aromatic rings. The third-order valence-corrected chi connectivity index (χ3v) is 5.20. The van der Waals surface area contributed by atoms with Crippen LogP contribution in [-0.2, 0) is 0 Å². The van der Waals surface area contributed by atoms with Crippen molar-refractivity contribution in [2.24, 2.45) is 0 Å². The number of aryl methyl sites for hydroxylation is 1. The number of carbonyl (C=O) groups excluding carboxylic acids is 1. The molecule has 1 aliphatic heterocycles. The lowest BCUT2D eigenvalue weighted by Gasteiger charge is -2.26. The van der Waals surface area contributed by atoms with E-state index >= 15 is 0 Å². The lowest BCUT2D eigenvalue weighted by molar-refractivity contribution is 0.0932. The van der Waals surface area contributed by atoms with Crippen LogP contribution < -0.4 is 5.32 Å². The minimum absolute atomic E-state index is 0.0308. The number of carbonyl (C=O) groups is 1. The summed E-state index contributed by atoms with van der Waals surface area (Å²) in [7, 11) is 0. The van der Waals surface area contributed by atoms with Gasteiger partial charge in [-0.3, -0.25) is 9.69 Å². The van der Waals surface area contributed by atoms with Gasteiger partial charge in [0.25, 0.3) is 5.91 Å². The SMILES string of the molecule is Cc1ccc(C(CNC(=O)c2ccc(F)cc2I)N2CCCC2)o1. The van der Waals surface area contributed by atoms with Gasteiger partial charge in [0.1, 0.15) is 17.3 Å². The van der Waals surface area contributed by atoms with E-state index in [-0.39, 0.29) is 17.8 Å². The van der Waals surface area contributed by atoms with E-state index in [1.165, 1.54) is 31.0 Å². The second-order valence-electron chi connectivity index (χ2n) is 6.04. The molecule has 128 valence electrons. The number of hydrogen-bond donors (Lipinski definition) is 1. The van der Waals surface area contributed by atoms with Crippen molar-refractivity contribution in [2.75, 3.05) is 19.6 Å². The van der Waals surface area contributed by atoms with E-state index in [0.717, 1.165) is 24.6 Å². The zero-order valence-corrected chi connectivity index (χ0v) is 15.7. The summed E-state index contributed by atoms with van der Waals surface area (Å²) in [4.78, 5) is 14.8. The highest BCUT2D eigenvalue weighted by atomic mass is 127. The largest absolute Gasteiger partial charge is 0.465 e. The first-order chi connectivity index (χ1) is 11.5. The molecule has 1 aromatic heterocycles. The fraction of sp³-hybridized carbons (Fsp3) is 0.389. The maximum absolute atomic E-state index is 13.2. The minimum atomic E-state index is -0.336. The van der Waals surface area contributed by atoms with Crippen LogP contribution >= 0.6 is 22.6 Å². The average Bonchev–Trinajstić information content (AvgIpc) is 3.19. The molecule has 1 atom stereocenters. The first kappa shape index (κ1) is 17.4. The molecule has 0 spiro atoms. The van der Waals surface area contributed by atoms with Gasteiger partial charge >= 0.3 is 0 Å². The predicted molar refractivity (Wildman–Crippen MR) is 98.4 cm³/mol. The Balaban J connectivity index is 1.72. The molecule has 0 radical (unpaired) electrons. The molecule has 4 nitrogen and oxygen atoms in total. The smallest absolute Gasteiger partial charge is 0.252 e. The van der Waals surface area contributed by atoms with Gasteiger partial charge in [0.2, 0.25) is 0 Å². The molecule has 1 unspecified atom stereocenters. The molecule has 1 aliphatic rings. The Morgan fingerprint density at radius 2 is 2.08 bits per heavy atom. The lowest BCUT2D eigenvalue weighted by atomic mass is 10.1. The average molecular weight is 442 g/mol. The zero-order valence-electron chi connectivity index (χ0n) is 13.5. The topological polar surface area (TPSA) is 45.5 Å². The number of amides is 1. The molecular formula is C18H20FIN2O2. The van der Waals surface area contributed by atoms with E-state index in [9.17, 15) is 9.18 Å². The molecular weight excluding hydrogens is 422 g/mol. The van der Waals surface area contributed by atoms with Gasteiger partial charge in [-0.25, -0.2) is 4.39 Å². The van der Waals surface area contributed by atoms with Gasteiger partial charge in [-0.1, -0.05) is 0 Å². The predicted octanol–water partition coefficient (Wildman–Crippen LogP) is 3.90. The highest BCUT2D eigenvalue weighted by Gasteiger charge is 2.26. The van der Waals surface area contributed by atoms with Gasteiger partial charge < -0.3 is 9.73 Å². The molecule has 0 saturated carbocycles. The van der Waals surface area contributed by atoms with Crippen LogP contribution in [0.15, 0.2) is 34.7 Å². The van der Waals surface area contributed by atoms with Crippen molar-refractivity contribution < 1.29 is 13.6 Å². The Bertz CT molecular complexity index is 726. The van der Waals surface area contributed by atoms with Gasteiger partial charge in [0.15, 0.2) is 0 Å². The van der Waals surface area contributed by atoms with Gasteiger partial charge in [-0.05, 0) is 85.8 Å². The van der Waals surface area contributed by atoms with Gasteiger partial charge in [0.05, 0.1) is 11.6 Å². The minimum Gasteiger partial charge on any atom is -0.465 e. The number of rotatable bonds is 5. The number of nitrogens with zero attached hydrogens (tertiary/aromatic N) is 1. The van der Waals surface area contributed by atoms with E-state index in [2.05, 4.69) is 10.2 Å². The first-order valence-electron chi connectivity index (χ1n) is 8.08. The number of likely N-dealkylation sites (tertiary alicyclic amines) is 1. The summed E-state index contributed by atoms with van der Waals surface area (Å²) in [5.74, 6) is 1.22. The first-order valence-corrected chi connectivity index (χ1v) is 9.16. The van der Waals surface area contributed by atoms with E-state index in [1.54, 1.807) is 0 Å². The third-order valence-electron chi connectivity index (χ3n) is 4.30. The number of halogens is 2. The zero-order chi connectivity index (χ0) is 17.1. The van der Waals surface area contributed by atoms with Crippen molar-refractivity contribution in [1.82, 2.24) is 10.2 Å². The summed E-state index contributed by atoms with van der Waals surface area (Å²) in [6, 6.07) is 8.15. The highest BCUT2D eigenvalue weighted by Crippen LogP contribution is 2.26. The van der Waals surface area contributed by atoms with Crippen LogP contribution in [0.5, 0.6) is 0 Å². The van der Waals surface area contributed by atoms with Crippen LogP contribution in [-0.4, -0.2) is 30.4 Å². The van der Waals surface area contributed by atoms with Crippen molar-refractivity contribution >= 4 is 28.5 Å². The lowest BCUT2D eigenvalue weighted by Crippen LogP contribution is -2.36. The van der Waals surface area contributed by atoms with E-state index < -0.39 is 0 Å². The fourth-order valence-electron chi connectivity index (χ4n) is 3.05. The Labute approximate surface area is 154 Å². The fourth-order valence-corrected chi connectivity index (χ4v) is 3.78. The number of furan rings is 1. The normalized spacial score (nSPS) is 16.3. The highest BCUT2D eigenvalue weighted by molar-refractivity contribution is 14.1. The molecule has 0 aliphatic carbocycles. The Kier molecular flexibility index (Phi) is 5.55. The molecule has 6 heteroatoms.